The Bertz CT molecular complexity index is 750. The Kier molecular flexibility index (Phi) is 2.95. The highest BCUT2D eigenvalue weighted by Crippen LogP contribution is 2.26. The molecule has 3 aromatic rings. The summed E-state index contributed by atoms with van der Waals surface area (Å²) in [7, 11) is 0. The van der Waals surface area contributed by atoms with E-state index in [1.807, 2.05) is 31.2 Å². The number of aromatic nitrogens is 2. The molecule has 0 aliphatic carbocycles. The van der Waals surface area contributed by atoms with Crippen molar-refractivity contribution < 1.29 is 8.91 Å². The molecule has 100 valence electrons. The van der Waals surface area contributed by atoms with E-state index in [2.05, 4.69) is 10.1 Å². The normalized spacial score (nSPS) is 10.7. The number of nitrogen functional groups attached to an aromatic ring is 1. The molecule has 0 spiro atoms. The molecule has 3 rings (SSSR count). The SMILES string of the molecule is Cc1ccc(-c2noc(-c3cc(N)ccc3F)n2)cc1. The van der Waals surface area contributed by atoms with Crippen molar-refractivity contribution in [3.05, 3.63) is 53.8 Å². The first-order valence-electron chi connectivity index (χ1n) is 6.09. The minimum atomic E-state index is -0.446. The van der Waals surface area contributed by atoms with Crippen LogP contribution in [-0.2, 0) is 0 Å². The van der Waals surface area contributed by atoms with Gasteiger partial charge in [0, 0.05) is 11.3 Å². The summed E-state index contributed by atoms with van der Waals surface area (Å²) in [6, 6.07) is 11.9. The molecule has 0 saturated heterocycles. The van der Waals surface area contributed by atoms with E-state index in [0.29, 0.717) is 11.5 Å². The summed E-state index contributed by atoms with van der Waals surface area (Å²) in [6.07, 6.45) is 0. The Labute approximate surface area is 115 Å². The van der Waals surface area contributed by atoms with Crippen LogP contribution in [0.15, 0.2) is 47.0 Å². The van der Waals surface area contributed by atoms with Crippen molar-refractivity contribution in [3.8, 4) is 22.8 Å². The van der Waals surface area contributed by atoms with E-state index in [4.69, 9.17) is 10.3 Å². The molecule has 2 aromatic carbocycles. The maximum atomic E-state index is 13.7. The third-order valence-electron chi connectivity index (χ3n) is 2.96. The Hall–Kier alpha value is -2.69. The van der Waals surface area contributed by atoms with Gasteiger partial charge in [-0.3, -0.25) is 0 Å². The number of halogens is 1. The molecule has 0 bridgehead atoms. The van der Waals surface area contributed by atoms with Gasteiger partial charge < -0.3 is 10.3 Å². The summed E-state index contributed by atoms with van der Waals surface area (Å²) in [4.78, 5) is 4.21. The first-order valence-corrected chi connectivity index (χ1v) is 6.09. The van der Waals surface area contributed by atoms with Gasteiger partial charge in [-0.05, 0) is 25.1 Å². The zero-order valence-electron chi connectivity index (χ0n) is 10.8. The molecule has 0 unspecified atom stereocenters. The Balaban J connectivity index is 2.01. The van der Waals surface area contributed by atoms with E-state index in [1.54, 1.807) is 0 Å². The van der Waals surface area contributed by atoms with Gasteiger partial charge >= 0.3 is 0 Å². The minimum absolute atomic E-state index is 0.116. The van der Waals surface area contributed by atoms with Gasteiger partial charge in [0.15, 0.2) is 0 Å². The van der Waals surface area contributed by atoms with Gasteiger partial charge in [-0.15, -0.1) is 0 Å². The second-order valence-corrected chi connectivity index (χ2v) is 4.53. The summed E-state index contributed by atoms with van der Waals surface area (Å²) in [5.74, 6) is 0.0884. The summed E-state index contributed by atoms with van der Waals surface area (Å²) in [5, 5.41) is 3.87. The van der Waals surface area contributed by atoms with Crippen LogP contribution in [0.25, 0.3) is 22.8 Å². The van der Waals surface area contributed by atoms with Crippen LogP contribution in [0.5, 0.6) is 0 Å². The van der Waals surface area contributed by atoms with Crippen molar-refractivity contribution in [1.29, 1.82) is 0 Å². The van der Waals surface area contributed by atoms with Crippen LogP contribution in [0.1, 0.15) is 5.56 Å². The number of nitrogens with two attached hydrogens (primary N) is 1. The lowest BCUT2D eigenvalue weighted by atomic mass is 10.1. The van der Waals surface area contributed by atoms with Gasteiger partial charge in [-0.2, -0.15) is 4.98 Å². The number of nitrogens with zero attached hydrogens (tertiary/aromatic N) is 2. The molecule has 0 fully saturated rings. The minimum Gasteiger partial charge on any atom is -0.399 e. The first-order chi connectivity index (χ1) is 9.63. The summed E-state index contributed by atoms with van der Waals surface area (Å²) >= 11 is 0. The van der Waals surface area contributed by atoms with E-state index >= 15 is 0 Å². The maximum Gasteiger partial charge on any atom is 0.261 e. The molecular formula is C15H12FN3O. The highest BCUT2D eigenvalue weighted by molar-refractivity contribution is 5.63. The van der Waals surface area contributed by atoms with E-state index in [0.717, 1.165) is 11.1 Å². The number of rotatable bonds is 2. The average Bonchev–Trinajstić information content (AvgIpc) is 2.92. The topological polar surface area (TPSA) is 64.9 Å². The van der Waals surface area contributed by atoms with Gasteiger partial charge in [0.25, 0.3) is 5.89 Å². The second kappa shape index (κ2) is 4.77. The molecule has 1 heterocycles. The van der Waals surface area contributed by atoms with Crippen molar-refractivity contribution in [2.45, 2.75) is 6.92 Å². The largest absolute Gasteiger partial charge is 0.399 e. The smallest absolute Gasteiger partial charge is 0.261 e. The molecule has 0 aliphatic heterocycles. The molecule has 4 nitrogen and oxygen atoms in total. The van der Waals surface area contributed by atoms with Crippen LogP contribution in [0, 0.1) is 12.7 Å². The third-order valence-corrected chi connectivity index (χ3v) is 2.96. The lowest BCUT2D eigenvalue weighted by Crippen LogP contribution is -1.89. The Morgan fingerprint density at radius 1 is 1.10 bits per heavy atom. The predicted octanol–water partition coefficient (Wildman–Crippen LogP) is 3.43. The van der Waals surface area contributed by atoms with Crippen molar-refractivity contribution in [2.24, 2.45) is 0 Å². The van der Waals surface area contributed by atoms with Crippen LogP contribution in [0.3, 0.4) is 0 Å². The van der Waals surface area contributed by atoms with E-state index in [-0.39, 0.29) is 11.5 Å². The molecular weight excluding hydrogens is 257 g/mol. The monoisotopic (exact) mass is 269 g/mol. The molecule has 0 atom stereocenters. The molecule has 0 amide bonds. The molecule has 0 radical (unpaired) electrons. The predicted molar refractivity (Wildman–Crippen MR) is 74.3 cm³/mol. The van der Waals surface area contributed by atoms with Crippen LogP contribution in [0.2, 0.25) is 0 Å². The van der Waals surface area contributed by atoms with Gasteiger partial charge in [0.1, 0.15) is 5.82 Å². The second-order valence-electron chi connectivity index (χ2n) is 4.53. The van der Waals surface area contributed by atoms with E-state index in [9.17, 15) is 4.39 Å². The quantitative estimate of drug-likeness (QED) is 0.724. The highest BCUT2D eigenvalue weighted by Gasteiger charge is 2.14. The number of hydrogen-bond donors (Lipinski definition) is 1. The van der Waals surface area contributed by atoms with Gasteiger partial charge in [0.05, 0.1) is 5.56 Å². The number of hydrogen-bond acceptors (Lipinski definition) is 4. The number of benzene rings is 2. The number of anilines is 1. The van der Waals surface area contributed by atoms with Gasteiger partial charge in [0.2, 0.25) is 5.82 Å². The molecule has 0 saturated carbocycles. The van der Waals surface area contributed by atoms with Crippen LogP contribution < -0.4 is 5.73 Å². The zero-order valence-corrected chi connectivity index (χ0v) is 10.8. The summed E-state index contributed by atoms with van der Waals surface area (Å²) < 4.78 is 18.9. The fourth-order valence-corrected chi connectivity index (χ4v) is 1.86. The molecule has 20 heavy (non-hydrogen) atoms. The van der Waals surface area contributed by atoms with E-state index < -0.39 is 5.82 Å². The lowest BCUT2D eigenvalue weighted by molar-refractivity contribution is 0.429. The van der Waals surface area contributed by atoms with Crippen molar-refractivity contribution in [1.82, 2.24) is 10.1 Å². The Morgan fingerprint density at radius 2 is 1.85 bits per heavy atom. The van der Waals surface area contributed by atoms with Crippen LogP contribution >= 0.6 is 0 Å². The fourth-order valence-electron chi connectivity index (χ4n) is 1.86. The Morgan fingerprint density at radius 3 is 2.60 bits per heavy atom. The molecule has 0 aliphatic rings. The zero-order chi connectivity index (χ0) is 14.1. The van der Waals surface area contributed by atoms with Gasteiger partial charge in [-0.1, -0.05) is 35.0 Å². The molecule has 1 aromatic heterocycles. The number of aryl methyl sites for hydroxylation is 1. The maximum absolute atomic E-state index is 13.7. The van der Waals surface area contributed by atoms with Crippen molar-refractivity contribution in [2.75, 3.05) is 5.73 Å². The van der Waals surface area contributed by atoms with E-state index in [1.165, 1.54) is 18.2 Å². The highest BCUT2D eigenvalue weighted by atomic mass is 19.1. The molecule has 5 heteroatoms. The summed E-state index contributed by atoms with van der Waals surface area (Å²) in [5.41, 5.74) is 8.24. The van der Waals surface area contributed by atoms with Crippen LogP contribution in [-0.4, -0.2) is 10.1 Å². The van der Waals surface area contributed by atoms with Gasteiger partial charge in [-0.25, -0.2) is 4.39 Å². The average molecular weight is 269 g/mol. The summed E-state index contributed by atoms with van der Waals surface area (Å²) in [6.45, 7) is 1.99. The van der Waals surface area contributed by atoms with Crippen molar-refractivity contribution >= 4 is 5.69 Å². The van der Waals surface area contributed by atoms with Crippen molar-refractivity contribution in [3.63, 3.8) is 0 Å². The first kappa shape index (κ1) is 12.3. The standard InChI is InChI=1S/C15H12FN3O/c1-9-2-4-10(5-3-9)14-18-15(20-19-14)12-8-11(17)6-7-13(12)16/h2-8H,17H2,1H3. The molecule has 2 N–H and O–H groups in total. The third kappa shape index (κ3) is 2.25. The lowest BCUT2D eigenvalue weighted by Gasteiger charge is -1.98. The van der Waals surface area contributed by atoms with Crippen LogP contribution in [0.4, 0.5) is 10.1 Å². The fraction of sp³-hybridized carbons (Fsp3) is 0.0667.